The van der Waals surface area contributed by atoms with E-state index in [9.17, 15) is 13.6 Å². The number of carbonyl (C=O) groups is 1. The summed E-state index contributed by atoms with van der Waals surface area (Å²) in [6, 6.07) is 0. The fourth-order valence-corrected chi connectivity index (χ4v) is 1.32. The van der Waals surface area contributed by atoms with Crippen molar-refractivity contribution in [1.82, 2.24) is 4.90 Å². The molecule has 17 heavy (non-hydrogen) atoms. The second-order valence-electron chi connectivity index (χ2n) is 3.67. The number of aliphatic hydroxyl groups is 1. The van der Waals surface area contributed by atoms with Gasteiger partial charge in [-0.15, -0.1) is 0 Å². The number of halogens is 2. The summed E-state index contributed by atoms with van der Waals surface area (Å²) in [4.78, 5) is 13.2. The maximum Gasteiger partial charge on any atom is 0.261 e. The van der Waals surface area contributed by atoms with Gasteiger partial charge in [-0.1, -0.05) is 13.3 Å². The van der Waals surface area contributed by atoms with Crippen molar-refractivity contribution < 1.29 is 23.4 Å². The Bertz CT molecular complexity index is 203. The van der Waals surface area contributed by atoms with Crippen molar-refractivity contribution in [2.45, 2.75) is 32.6 Å². The Hall–Kier alpha value is -0.750. The second-order valence-corrected chi connectivity index (χ2v) is 3.67. The van der Waals surface area contributed by atoms with Crippen LogP contribution in [0, 0.1) is 0 Å². The van der Waals surface area contributed by atoms with Crippen LogP contribution in [0.3, 0.4) is 0 Å². The number of alkyl halides is 2. The van der Waals surface area contributed by atoms with Gasteiger partial charge in [0, 0.05) is 13.1 Å². The van der Waals surface area contributed by atoms with Crippen LogP contribution >= 0.6 is 0 Å². The molecule has 0 saturated heterocycles. The molecule has 102 valence electrons. The summed E-state index contributed by atoms with van der Waals surface area (Å²) < 4.78 is 28.1. The molecule has 0 aromatic rings. The monoisotopic (exact) mass is 253 g/mol. The summed E-state index contributed by atoms with van der Waals surface area (Å²) in [5.74, 6) is -0.165. The highest BCUT2D eigenvalue weighted by atomic mass is 19.3. The Morgan fingerprint density at radius 2 is 2.12 bits per heavy atom. The number of ether oxygens (including phenoxy) is 1. The van der Waals surface area contributed by atoms with Gasteiger partial charge in [-0.2, -0.15) is 0 Å². The first-order chi connectivity index (χ1) is 8.11. The van der Waals surface area contributed by atoms with Gasteiger partial charge in [-0.05, 0) is 6.42 Å². The molecular weight excluding hydrogens is 232 g/mol. The lowest BCUT2D eigenvalue weighted by atomic mass is 10.3. The molecule has 0 aromatic carbocycles. The normalized spacial score (nSPS) is 10.9. The highest BCUT2D eigenvalue weighted by Gasteiger charge is 2.12. The van der Waals surface area contributed by atoms with E-state index >= 15 is 0 Å². The third-order valence-electron chi connectivity index (χ3n) is 2.21. The first kappa shape index (κ1) is 16.2. The van der Waals surface area contributed by atoms with Crippen molar-refractivity contribution in [3.63, 3.8) is 0 Å². The van der Waals surface area contributed by atoms with Crippen molar-refractivity contribution >= 4 is 5.91 Å². The van der Waals surface area contributed by atoms with Gasteiger partial charge in [0.1, 0.15) is 6.61 Å². The standard InChI is InChI=1S/C11H21F2NO3/c1-2-3-5-14(6-7-15)11(16)4-8-17-9-10(12)13/h10,15H,2-9H2,1H3. The molecule has 0 aliphatic carbocycles. The Morgan fingerprint density at radius 3 is 2.65 bits per heavy atom. The predicted octanol–water partition coefficient (Wildman–Crippen LogP) is 1.28. The molecule has 0 fully saturated rings. The zero-order valence-corrected chi connectivity index (χ0v) is 10.2. The van der Waals surface area contributed by atoms with Gasteiger partial charge >= 0.3 is 0 Å². The fraction of sp³-hybridized carbons (Fsp3) is 0.909. The molecule has 0 atom stereocenters. The molecule has 0 aromatic heterocycles. The molecule has 0 aliphatic rings. The number of rotatable bonds is 10. The van der Waals surface area contributed by atoms with Crippen molar-refractivity contribution in [1.29, 1.82) is 0 Å². The number of nitrogens with zero attached hydrogens (tertiary/aromatic N) is 1. The zero-order valence-electron chi connectivity index (χ0n) is 10.2. The Balaban J connectivity index is 3.80. The summed E-state index contributed by atoms with van der Waals surface area (Å²) in [5, 5.41) is 8.80. The van der Waals surface area contributed by atoms with E-state index in [1.807, 2.05) is 6.92 Å². The third kappa shape index (κ3) is 9.00. The Morgan fingerprint density at radius 1 is 1.41 bits per heavy atom. The molecule has 4 nitrogen and oxygen atoms in total. The van der Waals surface area contributed by atoms with Gasteiger partial charge < -0.3 is 14.7 Å². The van der Waals surface area contributed by atoms with E-state index in [0.717, 1.165) is 12.8 Å². The van der Waals surface area contributed by atoms with Crippen LogP contribution < -0.4 is 0 Å². The minimum absolute atomic E-state index is 0.00275. The molecular formula is C11H21F2NO3. The lowest BCUT2D eigenvalue weighted by Gasteiger charge is -2.21. The average Bonchev–Trinajstić information content (AvgIpc) is 2.29. The lowest BCUT2D eigenvalue weighted by Crippen LogP contribution is -2.35. The zero-order chi connectivity index (χ0) is 13.1. The topological polar surface area (TPSA) is 49.8 Å². The number of unbranched alkanes of at least 4 members (excludes halogenated alkanes) is 1. The number of aliphatic hydroxyl groups excluding tert-OH is 1. The number of amides is 1. The van der Waals surface area contributed by atoms with Crippen LogP contribution in [0.25, 0.3) is 0 Å². The van der Waals surface area contributed by atoms with Crippen LogP contribution in [0.5, 0.6) is 0 Å². The van der Waals surface area contributed by atoms with E-state index in [0.29, 0.717) is 6.54 Å². The summed E-state index contributed by atoms with van der Waals surface area (Å²) in [7, 11) is 0. The predicted molar refractivity (Wildman–Crippen MR) is 60.0 cm³/mol. The van der Waals surface area contributed by atoms with Crippen LogP contribution in [-0.4, -0.2) is 55.2 Å². The molecule has 0 unspecified atom stereocenters. The molecule has 0 spiro atoms. The molecule has 1 N–H and O–H groups in total. The first-order valence-corrected chi connectivity index (χ1v) is 5.86. The van der Waals surface area contributed by atoms with E-state index in [1.54, 1.807) is 0 Å². The van der Waals surface area contributed by atoms with Gasteiger partial charge in [0.2, 0.25) is 5.91 Å². The van der Waals surface area contributed by atoms with Crippen LogP contribution in [0.4, 0.5) is 8.78 Å². The van der Waals surface area contributed by atoms with Gasteiger partial charge in [-0.25, -0.2) is 8.78 Å². The minimum Gasteiger partial charge on any atom is -0.395 e. The van der Waals surface area contributed by atoms with E-state index < -0.39 is 13.0 Å². The van der Waals surface area contributed by atoms with Crippen molar-refractivity contribution in [3.05, 3.63) is 0 Å². The summed E-state index contributed by atoms with van der Waals surface area (Å²) >= 11 is 0. The van der Waals surface area contributed by atoms with Gasteiger partial charge in [0.25, 0.3) is 6.43 Å². The SMILES string of the molecule is CCCCN(CCO)C(=O)CCOCC(F)F. The molecule has 0 rings (SSSR count). The average molecular weight is 253 g/mol. The van der Waals surface area contributed by atoms with E-state index in [1.165, 1.54) is 4.90 Å². The van der Waals surface area contributed by atoms with Crippen LogP contribution in [0.2, 0.25) is 0 Å². The quantitative estimate of drug-likeness (QED) is 0.597. The minimum atomic E-state index is -2.50. The summed E-state index contributed by atoms with van der Waals surface area (Å²) in [6.45, 7) is 2.15. The lowest BCUT2D eigenvalue weighted by molar-refractivity contribution is -0.133. The highest BCUT2D eigenvalue weighted by molar-refractivity contribution is 5.76. The van der Waals surface area contributed by atoms with Crippen molar-refractivity contribution in [2.75, 3.05) is 32.9 Å². The van der Waals surface area contributed by atoms with Crippen LogP contribution in [0.15, 0.2) is 0 Å². The van der Waals surface area contributed by atoms with Gasteiger partial charge in [0.05, 0.1) is 19.6 Å². The molecule has 0 saturated carbocycles. The Labute approximate surface area is 101 Å². The van der Waals surface area contributed by atoms with E-state index in [4.69, 9.17) is 5.11 Å². The van der Waals surface area contributed by atoms with E-state index in [-0.39, 0.29) is 32.1 Å². The maximum atomic E-state index is 11.8. The third-order valence-corrected chi connectivity index (χ3v) is 2.21. The van der Waals surface area contributed by atoms with E-state index in [2.05, 4.69) is 4.74 Å². The summed E-state index contributed by atoms with van der Waals surface area (Å²) in [6.07, 6.45) is -0.601. The largest absolute Gasteiger partial charge is 0.395 e. The molecule has 0 bridgehead atoms. The first-order valence-electron chi connectivity index (χ1n) is 5.86. The van der Waals surface area contributed by atoms with Crippen molar-refractivity contribution in [3.8, 4) is 0 Å². The Kier molecular flexibility index (Phi) is 9.95. The fourth-order valence-electron chi connectivity index (χ4n) is 1.32. The van der Waals surface area contributed by atoms with Gasteiger partial charge in [0.15, 0.2) is 0 Å². The highest BCUT2D eigenvalue weighted by Crippen LogP contribution is 2.00. The molecule has 0 radical (unpaired) electrons. The molecule has 1 amide bonds. The van der Waals surface area contributed by atoms with Crippen LogP contribution in [-0.2, 0) is 9.53 Å². The van der Waals surface area contributed by atoms with Crippen molar-refractivity contribution in [2.24, 2.45) is 0 Å². The number of hydrogen-bond donors (Lipinski definition) is 1. The maximum absolute atomic E-state index is 11.8. The van der Waals surface area contributed by atoms with Gasteiger partial charge in [-0.3, -0.25) is 4.79 Å². The number of carbonyl (C=O) groups excluding carboxylic acids is 1. The summed E-state index contributed by atoms with van der Waals surface area (Å²) in [5.41, 5.74) is 0. The molecule has 0 aliphatic heterocycles. The smallest absolute Gasteiger partial charge is 0.261 e. The molecule has 0 heterocycles. The van der Waals surface area contributed by atoms with Crippen LogP contribution in [0.1, 0.15) is 26.2 Å². The molecule has 6 heteroatoms. The number of hydrogen-bond acceptors (Lipinski definition) is 3. The second kappa shape index (κ2) is 10.4.